The maximum absolute atomic E-state index is 12.6. The van der Waals surface area contributed by atoms with Crippen molar-refractivity contribution in [1.82, 2.24) is 0 Å². The first-order valence-electron chi connectivity index (χ1n) is 7.30. The predicted molar refractivity (Wildman–Crippen MR) is 104 cm³/mol. The van der Waals surface area contributed by atoms with E-state index >= 15 is 0 Å². The van der Waals surface area contributed by atoms with E-state index in [1.807, 2.05) is 54.6 Å². The zero-order valence-corrected chi connectivity index (χ0v) is 16.4. The summed E-state index contributed by atoms with van der Waals surface area (Å²) in [6, 6.07) is 20.4. The zero-order valence-electron chi connectivity index (χ0n) is 12.5. The van der Waals surface area contributed by atoms with Crippen LogP contribution in [-0.2, 0) is 0 Å². The summed E-state index contributed by atoms with van der Waals surface area (Å²) in [5.74, 6) is 1.33. The van der Waals surface area contributed by atoms with Gasteiger partial charge in [0.25, 0.3) is 0 Å². The van der Waals surface area contributed by atoms with Gasteiger partial charge in [-0.3, -0.25) is 4.79 Å². The molecule has 0 unspecified atom stereocenters. The van der Waals surface area contributed by atoms with E-state index in [1.54, 1.807) is 12.1 Å². The molecule has 0 spiro atoms. The number of furan rings is 1. The highest BCUT2D eigenvalue weighted by molar-refractivity contribution is 9.12. The fraction of sp³-hybridized carbons (Fsp3) is 0.105. The van der Waals surface area contributed by atoms with Crippen LogP contribution < -0.4 is 0 Å². The van der Waals surface area contributed by atoms with Crippen molar-refractivity contribution in [2.75, 3.05) is 0 Å². The lowest BCUT2D eigenvalue weighted by Crippen LogP contribution is -2.18. The maximum Gasteiger partial charge on any atom is 0.178 e. The van der Waals surface area contributed by atoms with E-state index in [0.717, 1.165) is 5.56 Å². The predicted octanol–water partition coefficient (Wildman–Crippen LogP) is 6.68. The normalized spacial score (nSPS) is 13.5. The minimum atomic E-state index is -0.440. The first-order valence-corrected chi connectivity index (χ1v) is 9.51. The van der Waals surface area contributed by atoms with Gasteiger partial charge in [0, 0.05) is 11.1 Å². The van der Waals surface area contributed by atoms with Crippen molar-refractivity contribution < 1.29 is 9.21 Å². The molecular formula is C19H13Br2ClO2. The van der Waals surface area contributed by atoms with Gasteiger partial charge in [0.1, 0.15) is 11.5 Å². The van der Waals surface area contributed by atoms with Crippen molar-refractivity contribution in [2.24, 2.45) is 0 Å². The monoisotopic (exact) mass is 466 g/mol. The quantitative estimate of drug-likeness (QED) is 0.309. The van der Waals surface area contributed by atoms with Crippen LogP contribution in [0.4, 0.5) is 0 Å². The lowest BCUT2D eigenvalue weighted by atomic mass is 10.1. The van der Waals surface area contributed by atoms with Crippen LogP contribution in [0.3, 0.4) is 0 Å². The number of hydrogen-bond donors (Lipinski definition) is 0. The summed E-state index contributed by atoms with van der Waals surface area (Å²) in [5, 5.41) is 0.625. The summed E-state index contributed by atoms with van der Waals surface area (Å²) in [4.78, 5) is 11.8. The molecule has 2 atom stereocenters. The summed E-state index contributed by atoms with van der Waals surface area (Å²) >= 11 is 13.2. The molecule has 0 bridgehead atoms. The molecule has 3 rings (SSSR count). The molecule has 0 saturated heterocycles. The standard InChI is InChI=1S/C19H13Br2ClO2/c20-17(18(21)19(23)12-6-2-1-3-7-12)16-11-10-15(24-16)13-8-4-5-9-14(13)22/h1-11,17-18H/t17-,18+/m1/s1. The highest BCUT2D eigenvalue weighted by Gasteiger charge is 2.28. The number of carbonyl (C=O) groups is 1. The fourth-order valence-corrected chi connectivity index (χ4v) is 3.59. The Morgan fingerprint density at radius 1 is 0.917 bits per heavy atom. The minimum Gasteiger partial charge on any atom is -0.460 e. The van der Waals surface area contributed by atoms with E-state index in [0.29, 0.717) is 22.1 Å². The highest BCUT2D eigenvalue weighted by atomic mass is 79.9. The van der Waals surface area contributed by atoms with Crippen LogP contribution in [0.25, 0.3) is 11.3 Å². The summed E-state index contributed by atoms with van der Waals surface area (Å²) in [6.07, 6.45) is 0. The van der Waals surface area contributed by atoms with Crippen LogP contribution in [0, 0.1) is 0 Å². The molecule has 122 valence electrons. The Balaban J connectivity index is 1.82. The molecule has 2 aromatic carbocycles. The van der Waals surface area contributed by atoms with Crippen LogP contribution in [0.5, 0.6) is 0 Å². The number of alkyl halides is 2. The number of Topliss-reactive ketones (excluding diaryl/α,β-unsaturated/α-hetero) is 1. The van der Waals surface area contributed by atoms with Crippen LogP contribution in [0.2, 0.25) is 5.02 Å². The molecular weight excluding hydrogens is 455 g/mol. The van der Waals surface area contributed by atoms with Crippen LogP contribution in [0.1, 0.15) is 20.9 Å². The Kier molecular flexibility index (Phi) is 5.59. The first kappa shape index (κ1) is 17.5. The Labute approximate surface area is 162 Å². The van der Waals surface area contributed by atoms with Gasteiger partial charge < -0.3 is 4.42 Å². The van der Waals surface area contributed by atoms with Crippen molar-refractivity contribution in [2.45, 2.75) is 9.65 Å². The molecule has 0 saturated carbocycles. The maximum atomic E-state index is 12.6. The molecule has 0 aliphatic rings. The summed E-state index contributed by atoms with van der Waals surface area (Å²) in [7, 11) is 0. The topological polar surface area (TPSA) is 30.2 Å². The van der Waals surface area contributed by atoms with E-state index in [-0.39, 0.29) is 10.6 Å². The molecule has 1 heterocycles. The molecule has 0 N–H and O–H groups in total. The van der Waals surface area contributed by atoms with Crippen molar-refractivity contribution in [3.05, 3.63) is 83.1 Å². The van der Waals surface area contributed by atoms with Crippen molar-refractivity contribution in [1.29, 1.82) is 0 Å². The Morgan fingerprint density at radius 2 is 1.58 bits per heavy atom. The number of hydrogen-bond acceptors (Lipinski definition) is 2. The fourth-order valence-electron chi connectivity index (χ4n) is 2.35. The van der Waals surface area contributed by atoms with Gasteiger partial charge in [0.15, 0.2) is 5.78 Å². The lowest BCUT2D eigenvalue weighted by Gasteiger charge is -2.14. The highest BCUT2D eigenvalue weighted by Crippen LogP contribution is 2.37. The summed E-state index contributed by atoms with van der Waals surface area (Å²) in [6.45, 7) is 0. The number of ketones is 1. The van der Waals surface area contributed by atoms with Crippen LogP contribution >= 0.6 is 43.5 Å². The second-order valence-electron chi connectivity index (χ2n) is 5.22. The number of carbonyl (C=O) groups excluding carboxylic acids is 1. The molecule has 0 aliphatic heterocycles. The zero-order chi connectivity index (χ0) is 17.1. The lowest BCUT2D eigenvalue weighted by molar-refractivity contribution is 0.0989. The summed E-state index contributed by atoms with van der Waals surface area (Å²) < 4.78 is 5.91. The van der Waals surface area contributed by atoms with E-state index in [4.69, 9.17) is 16.0 Å². The number of benzene rings is 2. The van der Waals surface area contributed by atoms with Gasteiger partial charge in [0.2, 0.25) is 0 Å². The van der Waals surface area contributed by atoms with Gasteiger partial charge >= 0.3 is 0 Å². The van der Waals surface area contributed by atoms with Crippen LogP contribution in [0.15, 0.2) is 71.1 Å². The van der Waals surface area contributed by atoms with Gasteiger partial charge in [-0.1, -0.05) is 85.9 Å². The number of rotatable bonds is 5. The molecule has 24 heavy (non-hydrogen) atoms. The Hall–Kier alpha value is -1.36. The SMILES string of the molecule is O=C(c1ccccc1)[C@@H](Br)[C@H](Br)c1ccc(-c2ccccc2Cl)o1. The van der Waals surface area contributed by atoms with E-state index < -0.39 is 4.83 Å². The van der Waals surface area contributed by atoms with Gasteiger partial charge in [-0.2, -0.15) is 0 Å². The molecule has 2 nitrogen and oxygen atoms in total. The summed E-state index contributed by atoms with van der Waals surface area (Å²) in [5.41, 5.74) is 1.48. The van der Waals surface area contributed by atoms with Gasteiger partial charge in [0.05, 0.1) is 14.7 Å². The Bertz CT molecular complexity index is 845. The molecule has 0 amide bonds. The second kappa shape index (κ2) is 7.68. The Morgan fingerprint density at radius 3 is 2.29 bits per heavy atom. The number of halogens is 3. The molecule has 0 aliphatic carbocycles. The van der Waals surface area contributed by atoms with Gasteiger partial charge in [-0.25, -0.2) is 0 Å². The van der Waals surface area contributed by atoms with E-state index in [1.165, 1.54) is 0 Å². The third-order valence-corrected chi connectivity index (χ3v) is 6.57. The first-order chi connectivity index (χ1) is 11.6. The second-order valence-corrected chi connectivity index (χ2v) is 7.60. The minimum absolute atomic E-state index is 0.00633. The van der Waals surface area contributed by atoms with Gasteiger partial charge in [-0.05, 0) is 24.3 Å². The average molecular weight is 469 g/mol. The smallest absolute Gasteiger partial charge is 0.178 e. The van der Waals surface area contributed by atoms with E-state index in [2.05, 4.69) is 31.9 Å². The van der Waals surface area contributed by atoms with E-state index in [9.17, 15) is 4.79 Å². The average Bonchev–Trinajstić information content (AvgIpc) is 3.11. The van der Waals surface area contributed by atoms with Crippen molar-refractivity contribution in [3.63, 3.8) is 0 Å². The van der Waals surface area contributed by atoms with Gasteiger partial charge in [-0.15, -0.1) is 0 Å². The molecule has 3 aromatic rings. The third-order valence-electron chi connectivity index (χ3n) is 3.60. The van der Waals surface area contributed by atoms with Crippen LogP contribution in [-0.4, -0.2) is 10.6 Å². The van der Waals surface area contributed by atoms with Crippen molar-refractivity contribution >= 4 is 49.2 Å². The molecule has 0 fully saturated rings. The van der Waals surface area contributed by atoms with Crippen molar-refractivity contribution in [3.8, 4) is 11.3 Å². The third kappa shape index (κ3) is 3.66. The largest absolute Gasteiger partial charge is 0.460 e. The molecule has 5 heteroatoms. The molecule has 0 radical (unpaired) electrons. The molecule has 1 aromatic heterocycles.